The van der Waals surface area contributed by atoms with Crippen LogP contribution in [-0.2, 0) is 0 Å². The molecule has 0 bridgehead atoms. The van der Waals surface area contributed by atoms with Crippen LogP contribution >= 0.6 is 0 Å². The van der Waals surface area contributed by atoms with Crippen molar-refractivity contribution in [1.29, 1.82) is 0 Å². The fourth-order valence-electron chi connectivity index (χ4n) is 8.41. The van der Waals surface area contributed by atoms with Crippen LogP contribution in [0, 0.1) is 0 Å². The van der Waals surface area contributed by atoms with E-state index >= 15 is 0 Å². The Labute approximate surface area is 276 Å². The van der Waals surface area contributed by atoms with Gasteiger partial charge in [0, 0.05) is 38.3 Å². The lowest BCUT2D eigenvalue weighted by atomic mass is 9.90. The van der Waals surface area contributed by atoms with Crippen molar-refractivity contribution in [2.75, 3.05) is 0 Å². The van der Waals surface area contributed by atoms with E-state index in [0.717, 1.165) is 0 Å². The van der Waals surface area contributed by atoms with E-state index in [4.69, 9.17) is 0 Å². The van der Waals surface area contributed by atoms with E-state index in [1.807, 2.05) is 0 Å². The van der Waals surface area contributed by atoms with Gasteiger partial charge in [-0.3, -0.25) is 0 Å². The van der Waals surface area contributed by atoms with Crippen molar-refractivity contribution < 1.29 is 0 Å². The van der Waals surface area contributed by atoms with E-state index in [1.165, 1.54) is 98.4 Å². The minimum absolute atomic E-state index is 1.18. The Kier molecular flexibility index (Phi) is 5.14. The van der Waals surface area contributed by atoms with Crippen molar-refractivity contribution in [3.8, 4) is 22.5 Å². The Morgan fingerprint density at radius 3 is 1.58 bits per heavy atom. The Bertz CT molecular complexity index is 3040. The summed E-state index contributed by atoms with van der Waals surface area (Å²) in [6.45, 7) is 0. The second kappa shape index (κ2) is 9.57. The number of hydrogen-bond acceptors (Lipinski definition) is 0. The Hall–Kier alpha value is -6.38. The van der Waals surface area contributed by atoms with Crippen LogP contribution in [-0.4, -0.2) is 9.13 Å². The summed E-state index contributed by atoms with van der Waals surface area (Å²) >= 11 is 0. The molecule has 0 atom stereocenters. The highest BCUT2D eigenvalue weighted by molar-refractivity contribution is 6.39. The molecule has 0 spiro atoms. The van der Waals surface area contributed by atoms with Crippen LogP contribution in [0.4, 0.5) is 0 Å². The summed E-state index contributed by atoms with van der Waals surface area (Å²) in [4.78, 5) is 0. The van der Waals surface area contributed by atoms with E-state index in [1.54, 1.807) is 0 Å². The molecular formula is C46H28N2. The number of rotatable bonds is 3. The SMILES string of the molecule is c1ccc(-n2c3ccccc3c3cc(-c4ccc5cc6c7c(c5c4)c4ccccc4c4cccc(c47)n6-c4ccccc4)ccc32)cc1. The normalized spacial score (nSPS) is 12.2. The number of benzene rings is 9. The molecule has 2 heteroatoms. The Morgan fingerprint density at radius 1 is 0.271 bits per heavy atom. The summed E-state index contributed by atoms with van der Waals surface area (Å²) in [5.74, 6) is 0. The summed E-state index contributed by atoms with van der Waals surface area (Å²) in [5.41, 5.74) is 9.77. The molecule has 0 fully saturated rings. The minimum Gasteiger partial charge on any atom is -0.309 e. The first-order valence-corrected chi connectivity index (χ1v) is 16.6. The quantitative estimate of drug-likeness (QED) is 0.177. The highest BCUT2D eigenvalue weighted by Gasteiger charge is 2.22. The van der Waals surface area contributed by atoms with E-state index in [0.29, 0.717) is 0 Å². The van der Waals surface area contributed by atoms with Gasteiger partial charge in [0.1, 0.15) is 0 Å². The van der Waals surface area contributed by atoms with E-state index in [2.05, 4.69) is 179 Å². The molecular weight excluding hydrogens is 581 g/mol. The zero-order valence-electron chi connectivity index (χ0n) is 26.1. The summed E-state index contributed by atoms with van der Waals surface area (Å²) in [7, 11) is 0. The van der Waals surface area contributed by atoms with Crippen LogP contribution < -0.4 is 0 Å². The predicted molar refractivity (Wildman–Crippen MR) is 204 cm³/mol. The molecule has 0 unspecified atom stereocenters. The fraction of sp³-hybridized carbons (Fsp3) is 0. The highest BCUT2D eigenvalue weighted by atomic mass is 15.0. The molecule has 9 aromatic carbocycles. The number of para-hydroxylation sites is 3. The van der Waals surface area contributed by atoms with Gasteiger partial charge in [0.2, 0.25) is 0 Å². The lowest BCUT2D eigenvalue weighted by Gasteiger charge is -2.13. The van der Waals surface area contributed by atoms with Gasteiger partial charge in [0.15, 0.2) is 0 Å². The third-order valence-corrected chi connectivity index (χ3v) is 10.4. The molecule has 0 saturated carbocycles. The molecule has 0 aliphatic rings. The van der Waals surface area contributed by atoms with Gasteiger partial charge < -0.3 is 9.13 Å². The van der Waals surface area contributed by atoms with E-state index < -0.39 is 0 Å². The molecule has 0 saturated heterocycles. The monoisotopic (exact) mass is 608 g/mol. The molecule has 2 aromatic heterocycles. The van der Waals surface area contributed by atoms with Crippen molar-refractivity contribution in [2.24, 2.45) is 0 Å². The lowest BCUT2D eigenvalue weighted by Crippen LogP contribution is -1.93. The Morgan fingerprint density at radius 2 is 0.812 bits per heavy atom. The molecule has 48 heavy (non-hydrogen) atoms. The zero-order chi connectivity index (χ0) is 31.3. The van der Waals surface area contributed by atoms with E-state index in [9.17, 15) is 0 Å². The third kappa shape index (κ3) is 3.41. The summed E-state index contributed by atoms with van der Waals surface area (Å²) in [5, 5.41) is 13.0. The van der Waals surface area contributed by atoms with Crippen molar-refractivity contribution in [2.45, 2.75) is 0 Å². The first-order valence-electron chi connectivity index (χ1n) is 16.6. The van der Waals surface area contributed by atoms with Gasteiger partial charge in [-0.1, -0.05) is 109 Å². The Balaban J connectivity index is 1.23. The van der Waals surface area contributed by atoms with Gasteiger partial charge in [-0.25, -0.2) is 0 Å². The van der Waals surface area contributed by atoms with E-state index in [-0.39, 0.29) is 0 Å². The average molecular weight is 609 g/mol. The average Bonchev–Trinajstić information content (AvgIpc) is 3.67. The van der Waals surface area contributed by atoms with Crippen LogP contribution in [0.1, 0.15) is 0 Å². The van der Waals surface area contributed by atoms with Crippen LogP contribution in [0.25, 0.3) is 98.4 Å². The maximum absolute atomic E-state index is 2.45. The van der Waals surface area contributed by atoms with Crippen molar-refractivity contribution in [3.05, 3.63) is 170 Å². The molecule has 222 valence electrons. The lowest BCUT2D eigenvalue weighted by molar-refractivity contribution is 1.18. The van der Waals surface area contributed by atoms with Crippen LogP contribution in [0.5, 0.6) is 0 Å². The van der Waals surface area contributed by atoms with Gasteiger partial charge in [0.05, 0.1) is 22.1 Å². The number of nitrogens with zero attached hydrogens (tertiary/aromatic N) is 2. The zero-order valence-corrected chi connectivity index (χ0v) is 26.1. The summed E-state index contributed by atoms with van der Waals surface area (Å²) in [6, 6.07) is 62.4. The molecule has 0 amide bonds. The number of fused-ring (bicyclic) bond motifs is 8. The fourth-order valence-corrected chi connectivity index (χ4v) is 8.41. The molecule has 0 aliphatic carbocycles. The van der Waals surface area contributed by atoms with Gasteiger partial charge in [0.25, 0.3) is 0 Å². The second-order valence-electron chi connectivity index (χ2n) is 12.9. The molecule has 2 heterocycles. The molecule has 0 radical (unpaired) electrons. The second-order valence-corrected chi connectivity index (χ2v) is 12.9. The van der Waals surface area contributed by atoms with Crippen molar-refractivity contribution in [3.63, 3.8) is 0 Å². The van der Waals surface area contributed by atoms with Gasteiger partial charge in [-0.2, -0.15) is 0 Å². The maximum Gasteiger partial charge on any atom is 0.0553 e. The van der Waals surface area contributed by atoms with Crippen molar-refractivity contribution in [1.82, 2.24) is 9.13 Å². The maximum atomic E-state index is 2.45. The van der Waals surface area contributed by atoms with Crippen LogP contribution in [0.3, 0.4) is 0 Å². The smallest absolute Gasteiger partial charge is 0.0553 e. The molecule has 11 aromatic rings. The van der Waals surface area contributed by atoms with Gasteiger partial charge in [-0.05, 0) is 98.7 Å². The largest absolute Gasteiger partial charge is 0.309 e. The topological polar surface area (TPSA) is 9.86 Å². The molecule has 0 aliphatic heterocycles. The predicted octanol–water partition coefficient (Wildman–Crippen LogP) is 12.4. The molecule has 11 rings (SSSR count). The van der Waals surface area contributed by atoms with Crippen molar-refractivity contribution >= 4 is 75.9 Å². The highest BCUT2D eigenvalue weighted by Crippen LogP contribution is 2.47. The summed E-state index contributed by atoms with van der Waals surface area (Å²) in [6.07, 6.45) is 0. The van der Waals surface area contributed by atoms with Crippen LogP contribution in [0.2, 0.25) is 0 Å². The molecule has 2 nitrogen and oxygen atoms in total. The third-order valence-electron chi connectivity index (χ3n) is 10.4. The van der Waals surface area contributed by atoms with Gasteiger partial charge in [-0.15, -0.1) is 0 Å². The summed E-state index contributed by atoms with van der Waals surface area (Å²) < 4.78 is 4.83. The standard InChI is InChI=1S/C46H28N2/c1-3-12-32(13-4-1)47-40-20-10-9-17-35(40)39-27-30(24-25-41(39)47)29-22-23-31-28-43-46-44(38(31)26-29)36-18-8-7-16-34(36)37-19-11-21-42(45(37)46)48(43)33-14-5-2-6-15-33/h1-28H. The van der Waals surface area contributed by atoms with Crippen LogP contribution in [0.15, 0.2) is 170 Å². The first kappa shape index (κ1) is 25.8. The number of aromatic nitrogens is 2. The first-order chi connectivity index (χ1) is 23.8. The number of hydrogen-bond donors (Lipinski definition) is 0. The minimum atomic E-state index is 1.18. The van der Waals surface area contributed by atoms with Gasteiger partial charge >= 0.3 is 0 Å². The molecule has 0 N–H and O–H groups in total.